The van der Waals surface area contributed by atoms with Crippen molar-refractivity contribution >= 4 is 23.4 Å². The Morgan fingerprint density at radius 3 is 2.74 bits per heavy atom. The van der Waals surface area contributed by atoms with Crippen molar-refractivity contribution in [3.63, 3.8) is 0 Å². The van der Waals surface area contributed by atoms with Gasteiger partial charge < -0.3 is 5.32 Å². The van der Waals surface area contributed by atoms with Crippen molar-refractivity contribution < 1.29 is 13.6 Å². The second-order valence-corrected chi connectivity index (χ2v) is 6.30. The Labute approximate surface area is 158 Å². The number of aromatic nitrogens is 2. The predicted molar refractivity (Wildman–Crippen MR) is 97.9 cm³/mol. The molecule has 1 N–H and O–H groups in total. The highest BCUT2D eigenvalue weighted by Crippen LogP contribution is 2.25. The van der Waals surface area contributed by atoms with E-state index in [-0.39, 0.29) is 11.4 Å². The molecule has 1 aromatic carbocycles. The van der Waals surface area contributed by atoms with E-state index in [1.807, 2.05) is 12.1 Å². The Morgan fingerprint density at radius 2 is 2.00 bits per heavy atom. The summed E-state index contributed by atoms with van der Waals surface area (Å²) in [6, 6.07) is 13.5. The van der Waals surface area contributed by atoms with Gasteiger partial charge in [0, 0.05) is 12.3 Å². The van der Waals surface area contributed by atoms with Gasteiger partial charge in [-0.3, -0.25) is 9.78 Å². The van der Waals surface area contributed by atoms with Crippen LogP contribution < -0.4 is 5.32 Å². The Morgan fingerprint density at radius 1 is 1.15 bits per heavy atom. The summed E-state index contributed by atoms with van der Waals surface area (Å²) in [6.45, 7) is 0. The van der Waals surface area contributed by atoms with Crippen LogP contribution in [0.4, 0.5) is 14.5 Å². The summed E-state index contributed by atoms with van der Waals surface area (Å²) < 4.78 is 26.8. The van der Waals surface area contributed by atoms with Crippen LogP contribution in [0.3, 0.4) is 0 Å². The monoisotopic (exact) mass is 382 g/mol. The molecule has 0 saturated carbocycles. The molecule has 0 spiro atoms. The maximum absolute atomic E-state index is 13.6. The number of carbonyl (C=O) groups excluding carboxylic acids is 1. The molecule has 0 saturated heterocycles. The summed E-state index contributed by atoms with van der Waals surface area (Å²) in [5.41, 5.74) is 1.27. The van der Waals surface area contributed by atoms with Gasteiger partial charge in [0.25, 0.3) is 0 Å². The van der Waals surface area contributed by atoms with Crippen molar-refractivity contribution in [3.8, 4) is 17.5 Å². The third-order valence-corrected chi connectivity index (χ3v) is 4.44. The normalized spacial score (nSPS) is 10.3. The molecule has 3 aromatic rings. The van der Waals surface area contributed by atoms with Gasteiger partial charge in [0.05, 0.1) is 28.4 Å². The van der Waals surface area contributed by atoms with Gasteiger partial charge in [0.1, 0.15) is 22.7 Å². The number of benzene rings is 1. The van der Waals surface area contributed by atoms with Crippen LogP contribution in [-0.4, -0.2) is 21.6 Å². The van der Waals surface area contributed by atoms with E-state index in [4.69, 9.17) is 0 Å². The van der Waals surface area contributed by atoms with E-state index >= 15 is 0 Å². The van der Waals surface area contributed by atoms with Gasteiger partial charge >= 0.3 is 0 Å². The zero-order chi connectivity index (χ0) is 19.2. The minimum absolute atomic E-state index is 0.122. The Bertz CT molecular complexity index is 1020. The molecule has 0 aliphatic rings. The van der Waals surface area contributed by atoms with Crippen LogP contribution >= 0.6 is 11.8 Å². The lowest BCUT2D eigenvalue weighted by Gasteiger charge is -2.08. The number of anilines is 1. The Kier molecular flexibility index (Phi) is 5.74. The fraction of sp³-hybridized carbons (Fsp3) is 0.0526. The van der Waals surface area contributed by atoms with E-state index in [0.717, 1.165) is 30.0 Å². The molecule has 5 nitrogen and oxygen atoms in total. The summed E-state index contributed by atoms with van der Waals surface area (Å²) in [7, 11) is 0. The van der Waals surface area contributed by atoms with Crippen LogP contribution in [0.5, 0.6) is 0 Å². The van der Waals surface area contributed by atoms with Crippen molar-refractivity contribution in [2.24, 2.45) is 0 Å². The van der Waals surface area contributed by atoms with E-state index in [9.17, 15) is 18.8 Å². The average molecular weight is 382 g/mol. The third kappa shape index (κ3) is 4.65. The number of nitrogens with zero attached hydrogens (tertiary/aromatic N) is 3. The van der Waals surface area contributed by atoms with Crippen molar-refractivity contribution in [2.45, 2.75) is 5.03 Å². The van der Waals surface area contributed by atoms with Crippen LogP contribution in [0.2, 0.25) is 0 Å². The molecule has 2 heterocycles. The standard InChI is InChI=1S/C19H12F2N4OS/c20-13-5-6-14(21)17(9-13)24-18(26)11-27-19-12(10-22)4-7-16(25-19)15-3-1-2-8-23-15/h1-9H,11H2,(H,24,26). The zero-order valence-corrected chi connectivity index (χ0v) is 14.6. The maximum Gasteiger partial charge on any atom is 0.234 e. The summed E-state index contributed by atoms with van der Waals surface area (Å²) in [6.07, 6.45) is 1.63. The van der Waals surface area contributed by atoms with Crippen LogP contribution in [0.25, 0.3) is 11.4 Å². The number of amides is 1. The van der Waals surface area contributed by atoms with Gasteiger partial charge in [-0.15, -0.1) is 0 Å². The van der Waals surface area contributed by atoms with Gasteiger partial charge in [-0.25, -0.2) is 13.8 Å². The zero-order valence-electron chi connectivity index (χ0n) is 13.8. The molecule has 0 radical (unpaired) electrons. The Hall–Kier alpha value is -3.31. The summed E-state index contributed by atoms with van der Waals surface area (Å²) in [5.74, 6) is -2.06. The number of rotatable bonds is 5. The molecule has 0 bridgehead atoms. The Balaban J connectivity index is 1.74. The largest absolute Gasteiger partial charge is 0.323 e. The minimum atomic E-state index is -0.734. The van der Waals surface area contributed by atoms with E-state index in [0.29, 0.717) is 22.0 Å². The van der Waals surface area contributed by atoms with E-state index in [2.05, 4.69) is 15.3 Å². The van der Waals surface area contributed by atoms with Gasteiger partial charge in [-0.2, -0.15) is 5.26 Å². The molecule has 0 atom stereocenters. The number of halogens is 2. The molecule has 3 rings (SSSR count). The fourth-order valence-corrected chi connectivity index (χ4v) is 2.98. The minimum Gasteiger partial charge on any atom is -0.323 e. The highest BCUT2D eigenvalue weighted by molar-refractivity contribution is 8.00. The number of pyridine rings is 2. The second kappa shape index (κ2) is 8.38. The lowest BCUT2D eigenvalue weighted by molar-refractivity contribution is -0.113. The molecule has 0 aliphatic carbocycles. The average Bonchev–Trinajstić information content (AvgIpc) is 2.69. The first-order chi connectivity index (χ1) is 13.1. The number of thioether (sulfide) groups is 1. The molecule has 134 valence electrons. The highest BCUT2D eigenvalue weighted by atomic mass is 32.2. The van der Waals surface area contributed by atoms with Crippen molar-refractivity contribution in [1.29, 1.82) is 5.26 Å². The predicted octanol–water partition coefficient (Wildman–Crippen LogP) is 4.02. The van der Waals surface area contributed by atoms with Crippen LogP contribution in [0.1, 0.15) is 5.56 Å². The molecule has 0 unspecified atom stereocenters. The number of hydrogen-bond acceptors (Lipinski definition) is 5. The van der Waals surface area contributed by atoms with Crippen LogP contribution in [-0.2, 0) is 4.79 Å². The molecule has 27 heavy (non-hydrogen) atoms. The van der Waals surface area contributed by atoms with Crippen molar-refractivity contribution in [3.05, 3.63) is 71.9 Å². The van der Waals surface area contributed by atoms with Gasteiger partial charge in [-0.1, -0.05) is 17.8 Å². The summed E-state index contributed by atoms with van der Waals surface area (Å²) in [4.78, 5) is 20.7. The maximum atomic E-state index is 13.6. The first-order valence-corrected chi connectivity index (χ1v) is 8.75. The van der Waals surface area contributed by atoms with E-state index in [1.54, 1.807) is 30.5 Å². The number of carbonyl (C=O) groups is 1. The number of nitriles is 1. The first-order valence-electron chi connectivity index (χ1n) is 7.77. The lowest BCUT2D eigenvalue weighted by atomic mass is 10.2. The quantitative estimate of drug-likeness (QED) is 0.674. The molecular weight excluding hydrogens is 370 g/mol. The van der Waals surface area contributed by atoms with Crippen molar-refractivity contribution in [1.82, 2.24) is 9.97 Å². The molecule has 2 aromatic heterocycles. The second-order valence-electron chi connectivity index (χ2n) is 5.34. The highest BCUT2D eigenvalue weighted by Gasteiger charge is 2.13. The molecule has 0 aliphatic heterocycles. The van der Waals surface area contributed by atoms with Gasteiger partial charge in [0.2, 0.25) is 5.91 Å². The summed E-state index contributed by atoms with van der Waals surface area (Å²) >= 11 is 1.03. The van der Waals surface area contributed by atoms with E-state index < -0.39 is 17.5 Å². The fourth-order valence-electron chi connectivity index (χ4n) is 2.21. The molecule has 8 heteroatoms. The van der Waals surface area contributed by atoms with E-state index in [1.165, 1.54) is 0 Å². The molecular formula is C19H12F2N4OS. The smallest absolute Gasteiger partial charge is 0.234 e. The number of nitrogens with one attached hydrogen (secondary N) is 1. The molecule has 1 amide bonds. The van der Waals surface area contributed by atoms with Crippen LogP contribution in [0.15, 0.2) is 59.8 Å². The summed E-state index contributed by atoms with van der Waals surface area (Å²) in [5, 5.41) is 11.9. The van der Waals surface area contributed by atoms with Crippen molar-refractivity contribution in [2.75, 3.05) is 11.1 Å². The number of hydrogen-bond donors (Lipinski definition) is 1. The molecule has 0 fully saturated rings. The van der Waals surface area contributed by atoms with Gasteiger partial charge in [-0.05, 0) is 36.4 Å². The third-order valence-electron chi connectivity index (χ3n) is 3.45. The lowest BCUT2D eigenvalue weighted by Crippen LogP contribution is -2.15. The van der Waals surface area contributed by atoms with Gasteiger partial charge in [0.15, 0.2) is 0 Å². The SMILES string of the molecule is N#Cc1ccc(-c2ccccn2)nc1SCC(=O)Nc1cc(F)ccc1F. The van der Waals surface area contributed by atoms with Crippen LogP contribution in [0, 0.1) is 23.0 Å². The first kappa shape index (κ1) is 18.5. The topological polar surface area (TPSA) is 78.7 Å².